The van der Waals surface area contributed by atoms with E-state index >= 15 is 0 Å². The van der Waals surface area contributed by atoms with Gasteiger partial charge < -0.3 is 0 Å². The Balaban J connectivity index is 2.25. The summed E-state index contributed by atoms with van der Waals surface area (Å²) in [5, 5.41) is 4.20. The minimum atomic E-state index is 1.17. The molecular formula is C18H14S2. The van der Waals surface area contributed by atoms with Gasteiger partial charge in [0.15, 0.2) is 0 Å². The summed E-state index contributed by atoms with van der Waals surface area (Å²) >= 11 is 3.50. The maximum absolute atomic E-state index is 3.96. The molecule has 2 heteroatoms. The molecule has 0 atom stereocenters. The highest BCUT2D eigenvalue weighted by molar-refractivity contribution is 7.14. The first-order valence-corrected chi connectivity index (χ1v) is 8.10. The standard InChI is InChI=1S/C18H14S2/c1-3-13-11-16(18-8-6-10-20-18)14(4-2)12-15(13)17-7-5-9-19-17/h3-12H,1-2H2. The van der Waals surface area contributed by atoms with Crippen molar-refractivity contribution in [1.29, 1.82) is 0 Å². The summed E-state index contributed by atoms with van der Waals surface area (Å²) in [5.41, 5.74) is 4.79. The topological polar surface area (TPSA) is 0 Å². The Morgan fingerprint density at radius 2 is 1.20 bits per heavy atom. The Bertz CT molecular complexity index is 666. The lowest BCUT2D eigenvalue weighted by atomic mass is 9.96. The van der Waals surface area contributed by atoms with Gasteiger partial charge in [-0.1, -0.05) is 37.4 Å². The van der Waals surface area contributed by atoms with Crippen LogP contribution in [0.1, 0.15) is 11.1 Å². The molecule has 0 aliphatic carbocycles. The fourth-order valence-corrected chi connectivity index (χ4v) is 3.79. The van der Waals surface area contributed by atoms with Crippen LogP contribution in [-0.4, -0.2) is 0 Å². The van der Waals surface area contributed by atoms with Crippen LogP contribution < -0.4 is 0 Å². The number of benzene rings is 1. The van der Waals surface area contributed by atoms with Gasteiger partial charge in [-0.3, -0.25) is 0 Å². The minimum Gasteiger partial charge on any atom is -0.144 e. The lowest BCUT2D eigenvalue weighted by Crippen LogP contribution is -1.87. The molecule has 3 rings (SSSR count). The molecule has 0 aliphatic rings. The molecule has 98 valence electrons. The van der Waals surface area contributed by atoms with Crippen molar-refractivity contribution in [1.82, 2.24) is 0 Å². The SMILES string of the molecule is C=Cc1cc(-c2cccs2)c(C=C)cc1-c1cccs1. The quantitative estimate of drug-likeness (QED) is 0.520. The van der Waals surface area contributed by atoms with E-state index in [1.54, 1.807) is 22.7 Å². The average Bonchev–Trinajstić information content (AvgIpc) is 3.18. The molecule has 0 nitrogen and oxygen atoms in total. The van der Waals surface area contributed by atoms with Gasteiger partial charge in [0.2, 0.25) is 0 Å². The van der Waals surface area contributed by atoms with Crippen molar-refractivity contribution in [3.05, 3.63) is 71.4 Å². The van der Waals surface area contributed by atoms with Gasteiger partial charge in [-0.2, -0.15) is 0 Å². The Morgan fingerprint density at radius 1 is 0.750 bits per heavy atom. The minimum absolute atomic E-state index is 1.17. The molecule has 1 aromatic carbocycles. The van der Waals surface area contributed by atoms with Gasteiger partial charge in [0.25, 0.3) is 0 Å². The summed E-state index contributed by atoms with van der Waals surface area (Å²) in [6, 6.07) is 12.9. The average molecular weight is 294 g/mol. The van der Waals surface area contributed by atoms with Crippen LogP contribution in [0.4, 0.5) is 0 Å². The van der Waals surface area contributed by atoms with E-state index in [2.05, 4.69) is 60.3 Å². The third kappa shape index (κ3) is 2.28. The number of hydrogen-bond donors (Lipinski definition) is 0. The highest BCUT2D eigenvalue weighted by Gasteiger charge is 2.11. The largest absolute Gasteiger partial charge is 0.144 e. The van der Waals surface area contributed by atoms with E-state index in [0.29, 0.717) is 0 Å². The molecular weight excluding hydrogens is 280 g/mol. The lowest BCUT2D eigenvalue weighted by molar-refractivity contribution is 1.61. The van der Waals surface area contributed by atoms with Crippen LogP contribution in [-0.2, 0) is 0 Å². The predicted octanol–water partition coefficient (Wildman–Crippen LogP) is 6.43. The monoisotopic (exact) mass is 294 g/mol. The first-order valence-electron chi connectivity index (χ1n) is 6.34. The highest BCUT2D eigenvalue weighted by atomic mass is 32.1. The van der Waals surface area contributed by atoms with E-state index in [4.69, 9.17) is 0 Å². The number of hydrogen-bond acceptors (Lipinski definition) is 2. The molecule has 2 aromatic heterocycles. The summed E-state index contributed by atoms with van der Waals surface area (Å²) in [6.45, 7) is 7.92. The first kappa shape index (κ1) is 13.1. The van der Waals surface area contributed by atoms with Gasteiger partial charge in [0.05, 0.1) is 0 Å². The zero-order chi connectivity index (χ0) is 13.9. The molecule has 0 unspecified atom stereocenters. The summed E-state index contributed by atoms with van der Waals surface area (Å²) in [6.07, 6.45) is 3.86. The van der Waals surface area contributed by atoms with Crippen LogP contribution in [0.3, 0.4) is 0 Å². The van der Waals surface area contributed by atoms with Crippen molar-refractivity contribution in [2.75, 3.05) is 0 Å². The molecule has 0 amide bonds. The molecule has 0 spiro atoms. The van der Waals surface area contributed by atoms with E-state index < -0.39 is 0 Å². The van der Waals surface area contributed by atoms with Gasteiger partial charge in [0, 0.05) is 9.75 Å². The fraction of sp³-hybridized carbons (Fsp3) is 0. The Kier molecular flexibility index (Phi) is 3.68. The van der Waals surface area contributed by atoms with Crippen molar-refractivity contribution in [2.24, 2.45) is 0 Å². The van der Waals surface area contributed by atoms with Crippen molar-refractivity contribution in [3.63, 3.8) is 0 Å². The van der Waals surface area contributed by atoms with Crippen LogP contribution in [0.25, 0.3) is 33.0 Å². The maximum Gasteiger partial charge on any atom is 0.0348 e. The molecule has 3 aromatic rings. The van der Waals surface area contributed by atoms with E-state index in [9.17, 15) is 0 Å². The van der Waals surface area contributed by atoms with Crippen molar-refractivity contribution in [3.8, 4) is 20.9 Å². The van der Waals surface area contributed by atoms with Crippen LogP contribution in [0.15, 0.2) is 60.3 Å². The second kappa shape index (κ2) is 5.61. The third-order valence-electron chi connectivity index (χ3n) is 3.23. The van der Waals surface area contributed by atoms with Crippen LogP contribution in [0.5, 0.6) is 0 Å². The molecule has 2 heterocycles. The normalized spacial score (nSPS) is 10.4. The van der Waals surface area contributed by atoms with E-state index in [0.717, 1.165) is 0 Å². The smallest absolute Gasteiger partial charge is 0.0348 e. The van der Waals surface area contributed by atoms with Crippen molar-refractivity contribution >= 4 is 34.8 Å². The van der Waals surface area contributed by atoms with Crippen LogP contribution in [0.2, 0.25) is 0 Å². The molecule has 0 radical (unpaired) electrons. The van der Waals surface area contributed by atoms with Gasteiger partial charge in [-0.25, -0.2) is 0 Å². The molecule has 0 N–H and O–H groups in total. The van der Waals surface area contributed by atoms with Gasteiger partial charge in [0.1, 0.15) is 0 Å². The molecule has 0 saturated heterocycles. The number of thiophene rings is 2. The second-order valence-electron chi connectivity index (χ2n) is 4.39. The fourth-order valence-electron chi connectivity index (χ4n) is 2.26. The Labute approximate surface area is 127 Å². The summed E-state index contributed by atoms with van der Waals surface area (Å²) in [4.78, 5) is 2.53. The zero-order valence-electron chi connectivity index (χ0n) is 11.0. The van der Waals surface area contributed by atoms with E-state index in [1.807, 2.05) is 12.2 Å². The van der Waals surface area contributed by atoms with Crippen molar-refractivity contribution < 1.29 is 0 Å². The Hall–Kier alpha value is -1.90. The summed E-state index contributed by atoms with van der Waals surface area (Å²) in [5.74, 6) is 0. The van der Waals surface area contributed by atoms with E-state index in [-0.39, 0.29) is 0 Å². The van der Waals surface area contributed by atoms with Gasteiger partial charge >= 0.3 is 0 Å². The molecule has 0 bridgehead atoms. The third-order valence-corrected chi connectivity index (χ3v) is 5.04. The molecule has 0 fully saturated rings. The summed E-state index contributed by atoms with van der Waals surface area (Å²) < 4.78 is 0. The summed E-state index contributed by atoms with van der Waals surface area (Å²) in [7, 11) is 0. The second-order valence-corrected chi connectivity index (χ2v) is 6.28. The van der Waals surface area contributed by atoms with E-state index in [1.165, 1.54) is 32.0 Å². The number of rotatable bonds is 4. The maximum atomic E-state index is 3.96. The highest BCUT2D eigenvalue weighted by Crippen LogP contribution is 2.36. The predicted molar refractivity (Wildman–Crippen MR) is 93.3 cm³/mol. The van der Waals surface area contributed by atoms with Gasteiger partial charge in [-0.05, 0) is 57.3 Å². The zero-order valence-corrected chi connectivity index (χ0v) is 12.6. The molecule has 20 heavy (non-hydrogen) atoms. The first-order chi connectivity index (χ1) is 9.83. The van der Waals surface area contributed by atoms with Crippen LogP contribution >= 0.6 is 22.7 Å². The lowest BCUT2D eigenvalue weighted by Gasteiger charge is -2.11. The molecule has 0 saturated carbocycles. The molecule has 0 aliphatic heterocycles. The van der Waals surface area contributed by atoms with Gasteiger partial charge in [-0.15, -0.1) is 22.7 Å². The van der Waals surface area contributed by atoms with Crippen molar-refractivity contribution in [2.45, 2.75) is 0 Å². The van der Waals surface area contributed by atoms with Crippen LogP contribution in [0, 0.1) is 0 Å². The Morgan fingerprint density at radius 3 is 1.50 bits per heavy atom.